The van der Waals surface area contributed by atoms with E-state index in [0.29, 0.717) is 23.3 Å². The Kier molecular flexibility index (Phi) is 7.46. The van der Waals surface area contributed by atoms with Crippen LogP contribution in [0.4, 0.5) is 0 Å². The lowest BCUT2D eigenvalue weighted by molar-refractivity contribution is 0.102. The SMILES string of the molecule is C=CCn1c(SCC(=O)c2cc(CC)ccc2CC)nnc1-c1ccccc1OC. The fraction of sp³-hybridized carbons (Fsp3) is 0.292. The first-order chi connectivity index (χ1) is 14.6. The predicted molar refractivity (Wildman–Crippen MR) is 122 cm³/mol. The molecule has 3 rings (SSSR count). The lowest BCUT2D eigenvalue weighted by Gasteiger charge is -2.11. The summed E-state index contributed by atoms with van der Waals surface area (Å²) >= 11 is 1.40. The number of ketones is 1. The third kappa shape index (κ3) is 4.65. The number of carbonyl (C=O) groups excluding carboxylic acids is 1. The van der Waals surface area contributed by atoms with Crippen molar-refractivity contribution in [3.8, 4) is 17.1 Å². The largest absolute Gasteiger partial charge is 0.496 e. The van der Waals surface area contributed by atoms with Crippen LogP contribution in [-0.4, -0.2) is 33.4 Å². The zero-order valence-electron chi connectivity index (χ0n) is 17.7. The van der Waals surface area contributed by atoms with Crippen LogP contribution in [0, 0.1) is 0 Å². The van der Waals surface area contributed by atoms with Gasteiger partial charge in [0, 0.05) is 12.1 Å². The van der Waals surface area contributed by atoms with Gasteiger partial charge in [-0.3, -0.25) is 9.36 Å². The highest BCUT2D eigenvalue weighted by Crippen LogP contribution is 2.31. The topological polar surface area (TPSA) is 57.0 Å². The van der Waals surface area contributed by atoms with E-state index in [4.69, 9.17) is 4.74 Å². The van der Waals surface area contributed by atoms with Crippen LogP contribution in [-0.2, 0) is 19.4 Å². The normalized spacial score (nSPS) is 10.8. The predicted octanol–water partition coefficient (Wildman–Crippen LogP) is 5.24. The number of benzene rings is 2. The summed E-state index contributed by atoms with van der Waals surface area (Å²) in [5.74, 6) is 1.84. The van der Waals surface area contributed by atoms with Gasteiger partial charge in [0.15, 0.2) is 16.8 Å². The average molecular weight is 422 g/mol. The van der Waals surface area contributed by atoms with Crippen molar-refractivity contribution in [2.24, 2.45) is 0 Å². The second-order valence-corrected chi connectivity index (χ2v) is 7.76. The van der Waals surface area contributed by atoms with E-state index < -0.39 is 0 Å². The summed E-state index contributed by atoms with van der Waals surface area (Å²) in [6, 6.07) is 13.9. The molecule has 0 aliphatic heterocycles. The molecule has 0 unspecified atom stereocenters. The maximum absolute atomic E-state index is 13.0. The van der Waals surface area contributed by atoms with Crippen LogP contribution < -0.4 is 4.74 Å². The van der Waals surface area contributed by atoms with Crippen LogP contribution >= 0.6 is 11.8 Å². The van der Waals surface area contributed by atoms with Crippen LogP contribution in [0.25, 0.3) is 11.4 Å². The summed E-state index contributed by atoms with van der Waals surface area (Å²) < 4.78 is 7.44. The van der Waals surface area contributed by atoms with E-state index in [-0.39, 0.29) is 5.78 Å². The number of aryl methyl sites for hydroxylation is 2. The van der Waals surface area contributed by atoms with E-state index in [2.05, 4.69) is 42.8 Å². The zero-order chi connectivity index (χ0) is 21.5. The minimum absolute atomic E-state index is 0.110. The van der Waals surface area contributed by atoms with Crippen LogP contribution in [0.2, 0.25) is 0 Å². The van der Waals surface area contributed by atoms with Crippen molar-refractivity contribution in [2.75, 3.05) is 12.9 Å². The van der Waals surface area contributed by atoms with Gasteiger partial charge in [-0.25, -0.2) is 0 Å². The number of Topliss-reactive ketones (excluding diaryl/α,β-unsaturated/α-hetero) is 1. The van der Waals surface area contributed by atoms with E-state index in [9.17, 15) is 4.79 Å². The van der Waals surface area contributed by atoms with E-state index >= 15 is 0 Å². The van der Waals surface area contributed by atoms with Crippen molar-refractivity contribution >= 4 is 17.5 Å². The Morgan fingerprint density at radius 3 is 2.67 bits per heavy atom. The summed E-state index contributed by atoms with van der Waals surface area (Å²) in [7, 11) is 1.64. The van der Waals surface area contributed by atoms with Gasteiger partial charge in [-0.15, -0.1) is 16.8 Å². The van der Waals surface area contributed by atoms with Crippen molar-refractivity contribution in [3.63, 3.8) is 0 Å². The molecule has 1 heterocycles. The Bertz CT molecular complexity index is 1040. The molecular formula is C24H27N3O2S. The summed E-state index contributed by atoms with van der Waals surface area (Å²) in [6.07, 6.45) is 3.54. The number of hydrogen-bond donors (Lipinski definition) is 0. The first-order valence-electron chi connectivity index (χ1n) is 10.1. The monoisotopic (exact) mass is 421 g/mol. The Balaban J connectivity index is 1.87. The molecular weight excluding hydrogens is 394 g/mol. The fourth-order valence-electron chi connectivity index (χ4n) is 3.34. The number of para-hydroxylation sites is 1. The Morgan fingerprint density at radius 1 is 1.17 bits per heavy atom. The molecule has 6 heteroatoms. The van der Waals surface area contributed by atoms with Crippen LogP contribution in [0.5, 0.6) is 5.75 Å². The van der Waals surface area contributed by atoms with Crippen molar-refractivity contribution in [3.05, 3.63) is 71.8 Å². The first-order valence-corrected chi connectivity index (χ1v) is 11.1. The zero-order valence-corrected chi connectivity index (χ0v) is 18.5. The highest BCUT2D eigenvalue weighted by Gasteiger charge is 2.19. The highest BCUT2D eigenvalue weighted by molar-refractivity contribution is 7.99. The van der Waals surface area contributed by atoms with Gasteiger partial charge in [-0.1, -0.05) is 56.0 Å². The van der Waals surface area contributed by atoms with Gasteiger partial charge in [0.2, 0.25) is 0 Å². The average Bonchev–Trinajstić information content (AvgIpc) is 3.19. The maximum Gasteiger partial charge on any atom is 0.192 e. The van der Waals surface area contributed by atoms with Gasteiger partial charge in [0.1, 0.15) is 5.75 Å². The molecule has 1 aromatic heterocycles. The number of carbonyl (C=O) groups is 1. The van der Waals surface area contributed by atoms with Crippen molar-refractivity contribution in [1.82, 2.24) is 14.8 Å². The van der Waals surface area contributed by atoms with E-state index in [1.165, 1.54) is 17.3 Å². The van der Waals surface area contributed by atoms with E-state index in [1.54, 1.807) is 13.2 Å². The molecule has 30 heavy (non-hydrogen) atoms. The van der Waals surface area contributed by atoms with Crippen molar-refractivity contribution in [2.45, 2.75) is 38.4 Å². The molecule has 0 aliphatic carbocycles. The third-order valence-corrected chi connectivity index (χ3v) is 5.94. The number of thioether (sulfide) groups is 1. The standard InChI is InChI=1S/C24H27N3O2S/c1-5-14-27-23(19-10-8-9-11-22(19)29-4)25-26-24(27)30-16-21(28)20-15-17(6-2)12-13-18(20)7-3/h5,8-13,15H,1,6-7,14,16H2,2-4H3. The van der Waals surface area contributed by atoms with E-state index in [1.807, 2.05) is 34.9 Å². The molecule has 0 saturated carbocycles. The summed E-state index contributed by atoms with van der Waals surface area (Å²) in [5.41, 5.74) is 3.93. The van der Waals surface area contributed by atoms with Crippen LogP contribution in [0.3, 0.4) is 0 Å². The van der Waals surface area contributed by atoms with Gasteiger partial charge in [-0.2, -0.15) is 0 Å². The molecule has 0 saturated heterocycles. The highest BCUT2D eigenvalue weighted by atomic mass is 32.2. The fourth-order valence-corrected chi connectivity index (χ4v) is 4.17. The molecule has 3 aromatic rings. The number of rotatable bonds is 10. The molecule has 0 radical (unpaired) electrons. The quantitative estimate of drug-likeness (QED) is 0.255. The molecule has 2 aromatic carbocycles. The second-order valence-electron chi connectivity index (χ2n) is 6.82. The van der Waals surface area contributed by atoms with Gasteiger partial charge in [0.25, 0.3) is 0 Å². The Labute approximate surface area is 182 Å². The lowest BCUT2D eigenvalue weighted by Crippen LogP contribution is -2.08. The molecule has 0 N–H and O–H groups in total. The van der Waals surface area contributed by atoms with Gasteiger partial charge in [-0.05, 0) is 42.2 Å². The Morgan fingerprint density at radius 2 is 1.97 bits per heavy atom. The number of ether oxygens (including phenoxy) is 1. The molecule has 156 valence electrons. The third-order valence-electron chi connectivity index (χ3n) is 4.97. The van der Waals surface area contributed by atoms with Gasteiger partial charge < -0.3 is 4.74 Å². The maximum atomic E-state index is 13.0. The lowest BCUT2D eigenvalue weighted by atomic mass is 9.98. The van der Waals surface area contributed by atoms with Crippen LogP contribution in [0.15, 0.2) is 60.3 Å². The van der Waals surface area contributed by atoms with Crippen molar-refractivity contribution in [1.29, 1.82) is 0 Å². The number of methoxy groups -OCH3 is 1. The summed E-state index contributed by atoms with van der Waals surface area (Å²) in [6.45, 7) is 8.57. The number of aromatic nitrogens is 3. The van der Waals surface area contributed by atoms with Gasteiger partial charge in [0.05, 0.1) is 18.4 Å². The molecule has 0 atom stereocenters. The minimum Gasteiger partial charge on any atom is -0.496 e. The smallest absolute Gasteiger partial charge is 0.192 e. The molecule has 0 amide bonds. The number of hydrogen-bond acceptors (Lipinski definition) is 5. The summed E-state index contributed by atoms with van der Waals surface area (Å²) in [5, 5.41) is 9.42. The molecule has 0 aliphatic rings. The number of nitrogens with zero attached hydrogens (tertiary/aromatic N) is 3. The minimum atomic E-state index is 0.110. The molecule has 0 bridgehead atoms. The molecule has 0 spiro atoms. The van der Waals surface area contributed by atoms with Crippen molar-refractivity contribution < 1.29 is 9.53 Å². The second kappa shape index (κ2) is 10.3. The number of allylic oxidation sites excluding steroid dienone is 1. The first kappa shape index (κ1) is 21.8. The van der Waals surface area contributed by atoms with Crippen LogP contribution in [0.1, 0.15) is 35.3 Å². The van der Waals surface area contributed by atoms with Gasteiger partial charge >= 0.3 is 0 Å². The van der Waals surface area contributed by atoms with E-state index in [0.717, 1.165) is 35.3 Å². The Hall–Kier alpha value is -2.86. The molecule has 5 nitrogen and oxygen atoms in total. The molecule has 0 fully saturated rings. The summed E-state index contributed by atoms with van der Waals surface area (Å²) in [4.78, 5) is 13.0.